The van der Waals surface area contributed by atoms with Crippen molar-refractivity contribution in [1.82, 2.24) is 0 Å². The van der Waals surface area contributed by atoms with Crippen LogP contribution >= 0.6 is 0 Å². The Balaban J connectivity index is 1.08. The van der Waals surface area contributed by atoms with Gasteiger partial charge in [-0.15, -0.1) is 0 Å². The van der Waals surface area contributed by atoms with Gasteiger partial charge in [-0.1, -0.05) is 240 Å². The van der Waals surface area contributed by atoms with E-state index < -0.39 is 0 Å². The molecule has 0 saturated heterocycles. The number of nitrogens with zero attached hydrogens (tertiary/aromatic N) is 3. The van der Waals surface area contributed by atoms with Crippen molar-refractivity contribution in [2.24, 2.45) is 0 Å². The first-order chi connectivity index (χ1) is 39.8. The van der Waals surface area contributed by atoms with E-state index in [4.69, 9.17) is 0 Å². The van der Waals surface area contributed by atoms with Crippen molar-refractivity contribution < 1.29 is 0 Å². The summed E-state index contributed by atoms with van der Waals surface area (Å²) >= 11 is 0. The van der Waals surface area contributed by atoms with E-state index in [-0.39, 0.29) is 28.4 Å². The van der Waals surface area contributed by atoms with Gasteiger partial charge >= 0.3 is 0 Å². The van der Waals surface area contributed by atoms with E-state index in [1.165, 1.54) is 111 Å². The fourth-order valence-corrected chi connectivity index (χ4v) is 13.8. The molecule has 0 spiro atoms. The average Bonchev–Trinajstić information content (AvgIpc) is 3.71. The highest BCUT2D eigenvalue weighted by Crippen LogP contribution is 2.54. The van der Waals surface area contributed by atoms with Crippen molar-refractivity contribution >= 4 is 85.1 Å². The predicted octanol–water partition coefficient (Wildman–Crippen LogP) is 19.9. The van der Waals surface area contributed by atoms with E-state index in [1.54, 1.807) is 0 Å². The summed E-state index contributed by atoms with van der Waals surface area (Å²) in [4.78, 5) is 7.74. The van der Waals surface area contributed by atoms with Crippen molar-refractivity contribution in [3.05, 3.63) is 264 Å². The molecular formula is C79H72BN3. The van der Waals surface area contributed by atoms with E-state index >= 15 is 0 Å². The first-order valence-corrected chi connectivity index (χ1v) is 29.8. The van der Waals surface area contributed by atoms with Crippen LogP contribution in [-0.4, -0.2) is 6.71 Å². The maximum absolute atomic E-state index is 2.65. The second-order valence-electron chi connectivity index (χ2n) is 27.0. The van der Waals surface area contributed by atoms with Crippen molar-refractivity contribution in [2.75, 3.05) is 14.7 Å². The van der Waals surface area contributed by atoms with Crippen LogP contribution in [0.25, 0.3) is 44.2 Å². The van der Waals surface area contributed by atoms with E-state index in [2.05, 4.69) is 327 Å². The van der Waals surface area contributed by atoms with E-state index in [9.17, 15) is 0 Å². The lowest BCUT2D eigenvalue weighted by Gasteiger charge is -2.46. The SMILES string of the molecule is CC(C)(C)c1ccc(N(c2ccc(C(C)(C)C)cc2)c2ccc3c(c2)N(c2ccc4c(c2)C(C)(C)c2ccccc2-4)c2cc(C(C)(C)C)cc4c2B3c2cc(-c3ccccc3)ccc2N4c2ccc(-c3ccccc3)c3ccccc23)cc1. The molecule has 83 heavy (non-hydrogen) atoms. The van der Waals surface area contributed by atoms with Gasteiger partial charge in [0.2, 0.25) is 0 Å². The summed E-state index contributed by atoms with van der Waals surface area (Å²) in [5.74, 6) is 0. The first-order valence-electron chi connectivity index (χ1n) is 29.8. The summed E-state index contributed by atoms with van der Waals surface area (Å²) < 4.78 is 0. The Morgan fingerprint density at radius 1 is 0.337 bits per heavy atom. The highest BCUT2D eigenvalue weighted by atomic mass is 15.2. The van der Waals surface area contributed by atoms with Gasteiger partial charge in [-0.2, -0.15) is 0 Å². The smallest absolute Gasteiger partial charge is 0.252 e. The summed E-state index contributed by atoms with van der Waals surface area (Å²) in [5, 5.41) is 2.44. The minimum atomic E-state index is -0.205. The van der Waals surface area contributed by atoms with Gasteiger partial charge in [0.25, 0.3) is 6.71 Å². The van der Waals surface area contributed by atoms with Gasteiger partial charge in [-0.3, -0.25) is 0 Å². The van der Waals surface area contributed by atoms with Crippen LogP contribution in [-0.2, 0) is 21.7 Å². The zero-order valence-corrected chi connectivity index (χ0v) is 49.9. The first kappa shape index (κ1) is 52.2. The van der Waals surface area contributed by atoms with Crippen molar-refractivity contribution in [2.45, 2.75) is 97.8 Å². The van der Waals surface area contributed by atoms with Gasteiger partial charge in [-0.25, -0.2) is 0 Å². The van der Waals surface area contributed by atoms with Crippen LogP contribution in [0.15, 0.2) is 237 Å². The largest absolute Gasteiger partial charge is 0.311 e. The molecule has 0 aromatic heterocycles. The van der Waals surface area contributed by atoms with Crippen LogP contribution in [0, 0.1) is 0 Å². The average molecular weight is 1070 g/mol. The van der Waals surface area contributed by atoms with E-state index in [0.717, 1.165) is 28.4 Å². The van der Waals surface area contributed by atoms with Gasteiger partial charge < -0.3 is 14.7 Å². The summed E-state index contributed by atoms with van der Waals surface area (Å²) in [5.41, 5.74) is 28.0. The molecule has 406 valence electrons. The van der Waals surface area contributed by atoms with Gasteiger partial charge in [-0.05, 0) is 172 Å². The normalized spacial score (nSPS) is 14.0. The maximum atomic E-state index is 2.65. The molecule has 4 heteroatoms. The Morgan fingerprint density at radius 3 is 1.51 bits per heavy atom. The van der Waals surface area contributed by atoms with Crippen molar-refractivity contribution in [3.63, 3.8) is 0 Å². The monoisotopic (exact) mass is 1070 g/mol. The fraction of sp³-hybridized carbons (Fsp3) is 0.190. The summed E-state index contributed by atoms with van der Waals surface area (Å²) in [6.45, 7) is 25.6. The van der Waals surface area contributed by atoms with E-state index in [0.29, 0.717) is 0 Å². The van der Waals surface area contributed by atoms with Crippen LogP contribution in [0.1, 0.15) is 104 Å². The van der Waals surface area contributed by atoms with Crippen LogP contribution in [0.3, 0.4) is 0 Å². The topological polar surface area (TPSA) is 9.72 Å². The molecule has 11 aromatic carbocycles. The fourth-order valence-electron chi connectivity index (χ4n) is 13.8. The highest BCUT2D eigenvalue weighted by molar-refractivity contribution is 7.00. The molecule has 0 N–H and O–H groups in total. The second kappa shape index (κ2) is 19.1. The van der Waals surface area contributed by atoms with Gasteiger partial charge in [0.15, 0.2) is 0 Å². The lowest BCUT2D eigenvalue weighted by molar-refractivity contribution is 0.590. The van der Waals surface area contributed by atoms with Crippen LogP contribution in [0.2, 0.25) is 0 Å². The molecule has 2 heterocycles. The standard InChI is InChI=1S/C79H72BN3/c1-76(2,3)54-31-35-57(36-32-54)81(58-37-33-55(34-38-58)77(4,5)6)60-40-43-68-72(50-60)82(59-39-41-64-63-27-20-21-29-66(63)79(10,11)67(64)49-59)73-47-56(78(7,8)9)48-74-75(73)80(68)69-46-53(51-22-14-12-15-23-51)30-44-71(69)83(74)70-45-42-61(52-24-16-13-17-25-52)62-26-18-19-28-65(62)70/h12-50H,1-11H3. The third-order valence-electron chi connectivity index (χ3n) is 18.3. The maximum Gasteiger partial charge on any atom is 0.252 e. The van der Waals surface area contributed by atoms with Crippen LogP contribution in [0.4, 0.5) is 51.2 Å². The van der Waals surface area contributed by atoms with Crippen molar-refractivity contribution in [3.8, 4) is 33.4 Å². The molecule has 3 aliphatic rings. The molecule has 1 aliphatic carbocycles. The minimum Gasteiger partial charge on any atom is -0.311 e. The van der Waals surface area contributed by atoms with Crippen LogP contribution < -0.4 is 31.1 Å². The number of hydrogen-bond acceptors (Lipinski definition) is 3. The molecule has 2 aliphatic heterocycles. The number of hydrogen-bond donors (Lipinski definition) is 0. The number of rotatable bonds is 7. The van der Waals surface area contributed by atoms with Gasteiger partial charge in [0, 0.05) is 56.3 Å². The Labute approximate surface area is 492 Å². The Bertz CT molecular complexity index is 4290. The van der Waals surface area contributed by atoms with Gasteiger partial charge in [0.1, 0.15) is 0 Å². The number of fused-ring (bicyclic) bond motifs is 8. The zero-order chi connectivity index (χ0) is 57.3. The number of anilines is 9. The molecule has 0 unspecified atom stereocenters. The highest BCUT2D eigenvalue weighted by Gasteiger charge is 2.46. The minimum absolute atomic E-state index is 0.0128. The molecule has 11 aromatic rings. The van der Waals surface area contributed by atoms with E-state index in [1.807, 2.05) is 0 Å². The second-order valence-corrected chi connectivity index (χ2v) is 27.0. The molecule has 0 radical (unpaired) electrons. The third-order valence-corrected chi connectivity index (χ3v) is 18.3. The molecule has 0 atom stereocenters. The lowest BCUT2D eigenvalue weighted by Crippen LogP contribution is -2.61. The number of benzene rings is 11. The molecule has 0 fully saturated rings. The molecule has 0 saturated carbocycles. The lowest BCUT2D eigenvalue weighted by atomic mass is 9.33. The molecule has 0 bridgehead atoms. The summed E-state index contributed by atoms with van der Waals surface area (Å²) in [7, 11) is 0. The molecule has 0 amide bonds. The zero-order valence-electron chi connectivity index (χ0n) is 49.9. The van der Waals surface area contributed by atoms with Gasteiger partial charge in [0.05, 0.1) is 5.69 Å². The summed E-state index contributed by atoms with van der Waals surface area (Å²) in [6.07, 6.45) is 0. The predicted molar refractivity (Wildman–Crippen MR) is 357 cm³/mol. The Morgan fingerprint density at radius 2 is 0.867 bits per heavy atom. The quantitative estimate of drug-likeness (QED) is 0.147. The molecule has 14 rings (SSSR count). The third kappa shape index (κ3) is 8.63. The summed E-state index contributed by atoms with van der Waals surface area (Å²) in [6, 6.07) is 90.2. The Hall–Kier alpha value is -8.86. The molecule has 3 nitrogen and oxygen atoms in total. The van der Waals surface area contributed by atoms with Crippen molar-refractivity contribution in [1.29, 1.82) is 0 Å². The Kier molecular flexibility index (Phi) is 12.0. The molecular weight excluding hydrogens is 1000 g/mol. The van der Waals surface area contributed by atoms with Crippen LogP contribution in [0.5, 0.6) is 0 Å².